The predicted octanol–water partition coefficient (Wildman–Crippen LogP) is 4.04. The molecule has 1 aliphatic rings. The van der Waals surface area contributed by atoms with Crippen molar-refractivity contribution in [2.24, 2.45) is 0 Å². The maximum atomic E-state index is 6.04. The van der Waals surface area contributed by atoms with E-state index in [2.05, 4.69) is 18.3 Å². The molecule has 0 atom stereocenters. The molecule has 3 heteroatoms. The van der Waals surface area contributed by atoms with Crippen molar-refractivity contribution in [3.05, 3.63) is 29.5 Å². The summed E-state index contributed by atoms with van der Waals surface area (Å²) in [6.07, 6.45) is 4.80. The molecule has 1 aliphatic carbocycles. The first-order chi connectivity index (χ1) is 9.81. The number of rotatable bonds is 7. The maximum absolute atomic E-state index is 6.04. The van der Waals surface area contributed by atoms with Gasteiger partial charge in [0.1, 0.15) is 17.1 Å². The second-order valence-electron chi connectivity index (χ2n) is 5.50. The van der Waals surface area contributed by atoms with Crippen molar-refractivity contribution in [3.63, 3.8) is 0 Å². The van der Waals surface area contributed by atoms with Gasteiger partial charge in [0.05, 0.1) is 13.2 Å². The van der Waals surface area contributed by atoms with E-state index < -0.39 is 0 Å². The van der Waals surface area contributed by atoms with E-state index >= 15 is 0 Å². The summed E-state index contributed by atoms with van der Waals surface area (Å²) in [5.74, 6) is 2.03. The Morgan fingerprint density at radius 2 is 2.15 bits per heavy atom. The molecule has 1 aromatic carbocycles. The number of nitrogens with one attached hydrogen (secondary N) is 1. The molecule has 0 spiro atoms. The molecule has 3 rings (SSSR count). The Morgan fingerprint density at radius 3 is 2.85 bits per heavy atom. The summed E-state index contributed by atoms with van der Waals surface area (Å²) < 4.78 is 11.7. The normalized spacial score (nSPS) is 14.9. The van der Waals surface area contributed by atoms with Crippen LogP contribution in [0.25, 0.3) is 11.0 Å². The van der Waals surface area contributed by atoms with Crippen LogP contribution in [0.2, 0.25) is 0 Å². The summed E-state index contributed by atoms with van der Waals surface area (Å²) in [6.45, 7) is 5.77. The minimum Gasteiger partial charge on any atom is -0.494 e. The van der Waals surface area contributed by atoms with Crippen LogP contribution >= 0.6 is 0 Å². The van der Waals surface area contributed by atoms with Crippen molar-refractivity contribution in [2.45, 2.75) is 52.1 Å². The van der Waals surface area contributed by atoms with Gasteiger partial charge in [-0.3, -0.25) is 0 Å². The van der Waals surface area contributed by atoms with Crippen molar-refractivity contribution < 1.29 is 9.15 Å². The number of furan rings is 1. The highest BCUT2D eigenvalue weighted by atomic mass is 16.5. The van der Waals surface area contributed by atoms with Crippen LogP contribution in [0.1, 0.15) is 44.4 Å². The van der Waals surface area contributed by atoms with Gasteiger partial charge in [-0.05, 0) is 44.4 Å². The maximum Gasteiger partial charge on any atom is 0.134 e. The Balaban J connectivity index is 1.92. The van der Waals surface area contributed by atoms with Gasteiger partial charge in [-0.15, -0.1) is 0 Å². The smallest absolute Gasteiger partial charge is 0.134 e. The average Bonchev–Trinajstić information content (AvgIpc) is 3.22. The van der Waals surface area contributed by atoms with Gasteiger partial charge in [0, 0.05) is 17.0 Å². The van der Waals surface area contributed by atoms with Gasteiger partial charge in [-0.25, -0.2) is 0 Å². The first kappa shape index (κ1) is 13.5. The van der Waals surface area contributed by atoms with E-state index in [0.717, 1.165) is 36.5 Å². The van der Waals surface area contributed by atoms with Crippen LogP contribution in [-0.4, -0.2) is 12.6 Å². The lowest BCUT2D eigenvalue weighted by atomic mass is 10.1. The van der Waals surface area contributed by atoms with Crippen molar-refractivity contribution >= 4 is 11.0 Å². The number of fused-ring (bicyclic) bond motifs is 1. The van der Waals surface area contributed by atoms with E-state index in [-0.39, 0.29) is 0 Å². The molecule has 0 saturated heterocycles. The number of hydrogen-bond donors (Lipinski definition) is 1. The number of hydrogen-bond acceptors (Lipinski definition) is 3. The minimum absolute atomic E-state index is 0.697. The monoisotopic (exact) mass is 273 g/mol. The SMILES string of the molecule is CCCc1c(CNC2CC2)oc2ccc(OCC)cc12. The van der Waals surface area contributed by atoms with Gasteiger partial charge in [-0.2, -0.15) is 0 Å². The molecule has 2 aromatic rings. The number of benzene rings is 1. The number of ether oxygens (including phenoxy) is 1. The molecule has 20 heavy (non-hydrogen) atoms. The van der Waals surface area contributed by atoms with Crippen LogP contribution in [-0.2, 0) is 13.0 Å². The molecule has 0 amide bonds. The van der Waals surface area contributed by atoms with Gasteiger partial charge < -0.3 is 14.5 Å². The highest BCUT2D eigenvalue weighted by Gasteiger charge is 2.22. The van der Waals surface area contributed by atoms with E-state index in [9.17, 15) is 0 Å². The number of aryl methyl sites for hydroxylation is 1. The summed E-state index contributed by atoms with van der Waals surface area (Å²) in [5.41, 5.74) is 2.32. The van der Waals surface area contributed by atoms with Gasteiger partial charge in [0.15, 0.2) is 0 Å². The molecule has 1 heterocycles. The lowest BCUT2D eigenvalue weighted by Crippen LogP contribution is -2.15. The molecule has 1 saturated carbocycles. The summed E-state index contributed by atoms with van der Waals surface area (Å²) in [5, 5.41) is 4.76. The fourth-order valence-electron chi connectivity index (χ4n) is 2.63. The Morgan fingerprint density at radius 1 is 1.30 bits per heavy atom. The summed E-state index contributed by atoms with van der Waals surface area (Å²) in [6, 6.07) is 6.84. The standard InChI is InChI=1S/C17H23NO2/c1-3-5-14-15-10-13(19-4-2)8-9-16(15)20-17(14)11-18-12-6-7-12/h8-10,12,18H,3-7,11H2,1-2H3. The zero-order chi connectivity index (χ0) is 13.9. The molecular weight excluding hydrogens is 250 g/mol. The molecule has 0 unspecified atom stereocenters. The summed E-state index contributed by atoms with van der Waals surface area (Å²) in [7, 11) is 0. The first-order valence-corrected chi connectivity index (χ1v) is 7.72. The first-order valence-electron chi connectivity index (χ1n) is 7.72. The van der Waals surface area contributed by atoms with E-state index in [1.165, 1.54) is 23.8 Å². The van der Waals surface area contributed by atoms with E-state index in [0.29, 0.717) is 12.6 Å². The quantitative estimate of drug-likeness (QED) is 0.827. The predicted molar refractivity (Wildman–Crippen MR) is 81.2 cm³/mol. The molecule has 108 valence electrons. The highest BCUT2D eigenvalue weighted by Crippen LogP contribution is 2.31. The summed E-state index contributed by atoms with van der Waals surface area (Å²) in [4.78, 5) is 0. The van der Waals surface area contributed by atoms with E-state index in [4.69, 9.17) is 9.15 Å². The zero-order valence-electron chi connectivity index (χ0n) is 12.4. The Bertz CT molecular complexity index is 584. The highest BCUT2D eigenvalue weighted by molar-refractivity contribution is 5.83. The van der Waals surface area contributed by atoms with Crippen LogP contribution in [0.15, 0.2) is 22.6 Å². The zero-order valence-corrected chi connectivity index (χ0v) is 12.4. The largest absolute Gasteiger partial charge is 0.494 e. The van der Waals surface area contributed by atoms with E-state index in [1.807, 2.05) is 19.1 Å². The van der Waals surface area contributed by atoms with Gasteiger partial charge in [-0.1, -0.05) is 13.3 Å². The molecule has 0 radical (unpaired) electrons. The third kappa shape index (κ3) is 2.83. The molecule has 3 nitrogen and oxygen atoms in total. The molecule has 1 N–H and O–H groups in total. The topological polar surface area (TPSA) is 34.4 Å². The molecule has 1 aromatic heterocycles. The van der Waals surface area contributed by atoms with Gasteiger partial charge in [0.25, 0.3) is 0 Å². The van der Waals surface area contributed by atoms with Crippen LogP contribution in [0.5, 0.6) is 5.75 Å². The molecule has 0 bridgehead atoms. The Hall–Kier alpha value is -1.48. The van der Waals surface area contributed by atoms with Crippen molar-refractivity contribution in [3.8, 4) is 5.75 Å². The van der Waals surface area contributed by atoms with Crippen molar-refractivity contribution in [1.29, 1.82) is 0 Å². The second kappa shape index (κ2) is 5.88. The van der Waals surface area contributed by atoms with E-state index in [1.54, 1.807) is 0 Å². The third-order valence-corrected chi connectivity index (χ3v) is 3.79. The fourth-order valence-corrected chi connectivity index (χ4v) is 2.63. The van der Waals surface area contributed by atoms with Crippen LogP contribution < -0.4 is 10.1 Å². The van der Waals surface area contributed by atoms with Crippen molar-refractivity contribution in [1.82, 2.24) is 5.32 Å². The lowest BCUT2D eigenvalue weighted by molar-refractivity contribution is 0.340. The Kier molecular flexibility index (Phi) is 3.97. The third-order valence-electron chi connectivity index (χ3n) is 3.79. The molecule has 0 aliphatic heterocycles. The minimum atomic E-state index is 0.697. The fraction of sp³-hybridized carbons (Fsp3) is 0.529. The van der Waals surface area contributed by atoms with Crippen molar-refractivity contribution in [2.75, 3.05) is 6.61 Å². The van der Waals surface area contributed by atoms with Crippen LogP contribution in [0.4, 0.5) is 0 Å². The summed E-state index contributed by atoms with van der Waals surface area (Å²) >= 11 is 0. The van der Waals surface area contributed by atoms with Gasteiger partial charge >= 0.3 is 0 Å². The Labute approximate surface area is 120 Å². The van der Waals surface area contributed by atoms with Gasteiger partial charge in [0.2, 0.25) is 0 Å². The lowest BCUT2D eigenvalue weighted by Gasteiger charge is -2.04. The van der Waals surface area contributed by atoms with Crippen LogP contribution in [0.3, 0.4) is 0 Å². The second-order valence-corrected chi connectivity index (χ2v) is 5.50. The molecule has 1 fully saturated rings. The molecular formula is C17H23NO2. The average molecular weight is 273 g/mol. The van der Waals surface area contributed by atoms with Crippen LogP contribution in [0, 0.1) is 0 Å².